The van der Waals surface area contributed by atoms with E-state index in [1.807, 2.05) is 0 Å². The Balaban J connectivity index is 3.31. The molecule has 0 saturated carbocycles. The van der Waals surface area contributed by atoms with E-state index in [0.29, 0.717) is 17.3 Å². The molecule has 0 bridgehead atoms. The van der Waals surface area contributed by atoms with Gasteiger partial charge >= 0.3 is 0 Å². The molecule has 0 fully saturated rings. The summed E-state index contributed by atoms with van der Waals surface area (Å²) in [6, 6.07) is 2.58. The highest BCUT2D eigenvalue weighted by molar-refractivity contribution is 6.35. The van der Waals surface area contributed by atoms with Crippen LogP contribution in [0, 0.1) is 0 Å². The number of aldehydes is 1. The molecule has 0 amide bonds. The first-order valence-corrected chi connectivity index (χ1v) is 3.13. The molecule has 56 valence electrons. The van der Waals surface area contributed by atoms with Crippen molar-refractivity contribution < 1.29 is 15.0 Å². The second-order valence-corrected chi connectivity index (χ2v) is 2.32. The Morgan fingerprint density at radius 3 is 2.36 bits per heavy atom. The van der Waals surface area contributed by atoms with Crippen molar-refractivity contribution in [1.29, 1.82) is 0 Å². The Hall–Kier alpha value is -1.45. The Kier molecular flexibility index (Phi) is 1.85. The summed E-state index contributed by atoms with van der Waals surface area (Å²) in [5.41, 5.74) is 1.04. The minimum absolute atomic E-state index is 0.201. The molecule has 1 aromatic rings. The molecular weight excluding hydrogens is 143 g/mol. The lowest BCUT2D eigenvalue weighted by Gasteiger charge is -2.01. The average Bonchev–Trinajstić information content (AvgIpc) is 1.97. The first-order chi connectivity index (χ1) is 5.15. The zero-order valence-corrected chi connectivity index (χ0v) is 6.03. The van der Waals surface area contributed by atoms with Gasteiger partial charge in [0.15, 0.2) is 11.5 Å². The quantitative estimate of drug-likeness (QED) is 0.312. The third-order valence-electron chi connectivity index (χ3n) is 1.49. The van der Waals surface area contributed by atoms with Gasteiger partial charge in [-0.15, -0.1) is 0 Å². The van der Waals surface area contributed by atoms with Gasteiger partial charge in [-0.1, -0.05) is 5.46 Å². The number of hydrogen-bond acceptors (Lipinski definition) is 3. The minimum Gasteiger partial charge on any atom is -0.504 e. The number of aromatic hydroxyl groups is 2. The van der Waals surface area contributed by atoms with Gasteiger partial charge in [-0.3, -0.25) is 4.79 Å². The fraction of sp³-hybridized carbons (Fsp3) is 0. The first kappa shape index (κ1) is 7.66. The molecule has 0 radical (unpaired) electrons. The predicted octanol–water partition coefficient (Wildman–Crippen LogP) is -0.831. The molecule has 0 atom stereocenters. The zero-order valence-electron chi connectivity index (χ0n) is 6.03. The van der Waals surface area contributed by atoms with Crippen LogP contribution < -0.4 is 5.46 Å². The number of phenols is 2. The van der Waals surface area contributed by atoms with Crippen LogP contribution in [0.1, 0.15) is 10.4 Å². The second-order valence-electron chi connectivity index (χ2n) is 2.32. The van der Waals surface area contributed by atoms with Crippen LogP contribution in [-0.2, 0) is 0 Å². The van der Waals surface area contributed by atoms with Crippen LogP contribution in [0.2, 0.25) is 0 Å². The normalized spacial score (nSPS) is 9.45. The number of phenolic OH excluding ortho intramolecular Hbond substituents is 2. The topological polar surface area (TPSA) is 57.5 Å². The lowest BCUT2D eigenvalue weighted by Crippen LogP contribution is -2.08. The fourth-order valence-electron chi connectivity index (χ4n) is 0.824. The lowest BCUT2D eigenvalue weighted by molar-refractivity contribution is 0.112. The minimum atomic E-state index is -0.266. The highest BCUT2D eigenvalue weighted by Crippen LogP contribution is 2.22. The lowest BCUT2D eigenvalue weighted by atomic mass is 9.91. The third-order valence-corrected chi connectivity index (χ3v) is 1.49. The monoisotopic (exact) mass is 150 g/mol. The number of carbonyl (C=O) groups is 1. The van der Waals surface area contributed by atoms with Crippen molar-refractivity contribution in [1.82, 2.24) is 0 Å². The van der Waals surface area contributed by atoms with Gasteiger partial charge in [0.2, 0.25) is 0 Å². The summed E-state index contributed by atoms with van der Waals surface area (Å²) in [6.07, 6.45) is 0.633. The second kappa shape index (κ2) is 2.66. The fourth-order valence-corrected chi connectivity index (χ4v) is 0.824. The Labute approximate surface area is 64.7 Å². The third kappa shape index (κ3) is 1.34. The summed E-state index contributed by atoms with van der Waals surface area (Å²) in [4.78, 5) is 10.3. The van der Waals surface area contributed by atoms with Gasteiger partial charge in [-0.05, 0) is 12.1 Å². The average molecular weight is 150 g/mol. The molecule has 11 heavy (non-hydrogen) atoms. The maximum Gasteiger partial charge on any atom is 0.158 e. The molecule has 2 N–H and O–H groups in total. The van der Waals surface area contributed by atoms with Gasteiger partial charge in [-0.2, -0.15) is 0 Å². The number of hydrogen-bond donors (Lipinski definition) is 2. The maximum absolute atomic E-state index is 10.3. The summed E-state index contributed by atoms with van der Waals surface area (Å²) in [5.74, 6) is -0.467. The van der Waals surface area contributed by atoms with Crippen LogP contribution in [0.25, 0.3) is 0 Å². The molecule has 4 heteroatoms. The smallest absolute Gasteiger partial charge is 0.158 e. The number of carbonyl (C=O) groups excluding carboxylic acids is 1. The van der Waals surface area contributed by atoms with Gasteiger partial charge in [-0.25, -0.2) is 0 Å². The predicted molar refractivity (Wildman–Crippen MR) is 43.3 cm³/mol. The molecular formula is C7H7BO3. The van der Waals surface area contributed by atoms with Gasteiger partial charge < -0.3 is 10.2 Å². The summed E-state index contributed by atoms with van der Waals surface area (Å²) in [7, 11) is 1.68. The highest BCUT2D eigenvalue weighted by atomic mass is 16.3. The molecule has 0 unspecified atom stereocenters. The van der Waals surface area contributed by atoms with E-state index in [2.05, 4.69) is 0 Å². The van der Waals surface area contributed by atoms with E-state index in [-0.39, 0.29) is 11.5 Å². The molecule has 0 aliphatic carbocycles. The zero-order chi connectivity index (χ0) is 8.43. The summed E-state index contributed by atoms with van der Waals surface area (Å²) >= 11 is 0. The van der Waals surface area contributed by atoms with Crippen molar-refractivity contribution in [2.24, 2.45) is 0 Å². The van der Waals surface area contributed by atoms with Gasteiger partial charge in [0.25, 0.3) is 0 Å². The first-order valence-electron chi connectivity index (χ1n) is 3.13. The van der Waals surface area contributed by atoms with Crippen molar-refractivity contribution in [2.75, 3.05) is 0 Å². The Morgan fingerprint density at radius 2 is 1.82 bits per heavy atom. The molecule has 3 nitrogen and oxygen atoms in total. The number of benzene rings is 1. The van der Waals surface area contributed by atoms with Crippen molar-refractivity contribution in [2.45, 2.75) is 0 Å². The van der Waals surface area contributed by atoms with E-state index in [1.165, 1.54) is 12.1 Å². The maximum atomic E-state index is 10.3. The Morgan fingerprint density at radius 1 is 1.27 bits per heavy atom. The molecule has 1 aromatic carbocycles. The number of rotatable bonds is 1. The van der Waals surface area contributed by atoms with E-state index in [4.69, 9.17) is 10.2 Å². The molecule has 0 aliphatic rings. The van der Waals surface area contributed by atoms with Gasteiger partial charge in [0.1, 0.15) is 14.1 Å². The van der Waals surface area contributed by atoms with E-state index < -0.39 is 0 Å². The van der Waals surface area contributed by atoms with Crippen molar-refractivity contribution in [3.63, 3.8) is 0 Å². The Bertz CT molecular complexity index is 296. The molecule has 1 rings (SSSR count). The highest BCUT2D eigenvalue weighted by Gasteiger charge is 2.03. The van der Waals surface area contributed by atoms with Crippen LogP contribution in [0.3, 0.4) is 0 Å². The molecule has 0 aromatic heterocycles. The summed E-state index contributed by atoms with van der Waals surface area (Å²) in [6.45, 7) is 0. The van der Waals surface area contributed by atoms with E-state index in [1.54, 1.807) is 7.85 Å². The van der Waals surface area contributed by atoms with Crippen LogP contribution >= 0.6 is 0 Å². The van der Waals surface area contributed by atoms with Crippen LogP contribution in [0.15, 0.2) is 12.1 Å². The van der Waals surface area contributed by atoms with E-state index in [9.17, 15) is 4.79 Å². The SMILES string of the molecule is Bc1cc(O)c(O)cc1C=O. The van der Waals surface area contributed by atoms with Crippen molar-refractivity contribution in [3.8, 4) is 11.5 Å². The van der Waals surface area contributed by atoms with E-state index in [0.717, 1.165) is 0 Å². The van der Waals surface area contributed by atoms with Gasteiger partial charge in [0, 0.05) is 5.56 Å². The van der Waals surface area contributed by atoms with Crippen LogP contribution in [-0.4, -0.2) is 24.3 Å². The van der Waals surface area contributed by atoms with Gasteiger partial charge in [0.05, 0.1) is 0 Å². The molecule has 0 saturated heterocycles. The molecule has 0 aliphatic heterocycles. The standard InChI is InChI=1S/C7H7BO3/c8-5-2-7(11)6(10)1-4(5)3-9/h1-3,10-11H,8H2. The summed E-state index contributed by atoms with van der Waals surface area (Å²) < 4.78 is 0. The van der Waals surface area contributed by atoms with Crippen LogP contribution in [0.5, 0.6) is 11.5 Å². The summed E-state index contributed by atoms with van der Waals surface area (Å²) in [5, 5.41) is 17.9. The largest absolute Gasteiger partial charge is 0.504 e. The molecule has 0 heterocycles. The van der Waals surface area contributed by atoms with E-state index >= 15 is 0 Å². The van der Waals surface area contributed by atoms with Crippen LogP contribution in [0.4, 0.5) is 0 Å². The molecule has 0 spiro atoms. The van der Waals surface area contributed by atoms with Crippen molar-refractivity contribution >= 4 is 19.6 Å². The van der Waals surface area contributed by atoms with Crippen molar-refractivity contribution in [3.05, 3.63) is 17.7 Å².